The fraction of sp³-hybridized carbons (Fsp3) is 0.125. The van der Waals surface area contributed by atoms with E-state index in [0.29, 0.717) is 17.8 Å². The normalized spacial score (nSPS) is 13.7. The summed E-state index contributed by atoms with van der Waals surface area (Å²) >= 11 is 3.31. The Morgan fingerprint density at radius 3 is 2.33 bits per heavy atom. The molecular weight excluding hydrogens is 334 g/mol. The lowest BCUT2D eigenvalue weighted by Crippen LogP contribution is -2.29. The van der Waals surface area contributed by atoms with Gasteiger partial charge in [0.15, 0.2) is 0 Å². The van der Waals surface area contributed by atoms with Crippen molar-refractivity contribution in [2.24, 2.45) is 0 Å². The first-order valence-corrected chi connectivity index (χ1v) is 7.24. The number of hydrogen-bond acceptors (Lipinski definition) is 3. The summed E-state index contributed by atoms with van der Waals surface area (Å²) < 4.78 is 0.775. The minimum atomic E-state index is -0.505. The minimum absolute atomic E-state index is 0.0156. The van der Waals surface area contributed by atoms with Crippen LogP contribution in [0.15, 0.2) is 46.9 Å². The molecule has 1 heterocycles. The Bertz CT molecular complexity index is 725. The van der Waals surface area contributed by atoms with E-state index >= 15 is 0 Å². The zero-order valence-electron chi connectivity index (χ0n) is 11.0. The fourth-order valence-corrected chi connectivity index (χ4v) is 2.72. The van der Waals surface area contributed by atoms with Crippen molar-refractivity contribution in [2.45, 2.75) is 13.2 Å². The topological polar surface area (TPSA) is 57.6 Å². The van der Waals surface area contributed by atoms with Gasteiger partial charge in [0.25, 0.3) is 11.7 Å². The van der Waals surface area contributed by atoms with Gasteiger partial charge in [-0.05, 0) is 29.3 Å². The van der Waals surface area contributed by atoms with E-state index in [1.165, 1.54) is 4.90 Å². The molecule has 0 fully saturated rings. The zero-order valence-corrected chi connectivity index (χ0v) is 12.6. The Morgan fingerprint density at radius 2 is 1.67 bits per heavy atom. The van der Waals surface area contributed by atoms with Crippen LogP contribution in [0.2, 0.25) is 0 Å². The number of aliphatic hydroxyl groups is 1. The first-order valence-electron chi connectivity index (χ1n) is 6.44. The Morgan fingerprint density at radius 1 is 1.00 bits per heavy atom. The van der Waals surface area contributed by atoms with Crippen molar-refractivity contribution < 1.29 is 14.7 Å². The van der Waals surface area contributed by atoms with Crippen LogP contribution >= 0.6 is 15.9 Å². The van der Waals surface area contributed by atoms with Gasteiger partial charge in [-0.15, -0.1) is 0 Å². The monoisotopic (exact) mass is 345 g/mol. The van der Waals surface area contributed by atoms with Crippen LogP contribution in [0, 0.1) is 0 Å². The maximum absolute atomic E-state index is 12.1. The van der Waals surface area contributed by atoms with Gasteiger partial charge in [0, 0.05) is 4.47 Å². The van der Waals surface area contributed by atoms with E-state index in [0.717, 1.165) is 15.6 Å². The number of nitrogens with zero attached hydrogens (tertiary/aromatic N) is 1. The number of ketones is 1. The van der Waals surface area contributed by atoms with Gasteiger partial charge in [0.2, 0.25) is 0 Å². The number of halogens is 1. The Kier molecular flexibility index (Phi) is 3.61. The average Bonchev–Trinajstić information content (AvgIpc) is 2.73. The number of aliphatic hydroxyl groups excluding tert-OH is 1. The molecule has 2 aromatic rings. The third kappa shape index (κ3) is 2.50. The molecule has 0 saturated carbocycles. The standard InChI is InChI=1S/C16H12BrNO3/c17-12-5-6-14-13(7-12)15(20)16(21)18(14)8-10-1-3-11(9-19)4-2-10/h1-7,19H,8-9H2. The van der Waals surface area contributed by atoms with Crippen molar-refractivity contribution in [1.82, 2.24) is 0 Å². The van der Waals surface area contributed by atoms with E-state index < -0.39 is 11.7 Å². The molecule has 5 heteroatoms. The van der Waals surface area contributed by atoms with Gasteiger partial charge in [-0.1, -0.05) is 40.2 Å². The predicted molar refractivity (Wildman–Crippen MR) is 82.0 cm³/mol. The highest BCUT2D eigenvalue weighted by atomic mass is 79.9. The van der Waals surface area contributed by atoms with Gasteiger partial charge in [-0.3, -0.25) is 9.59 Å². The van der Waals surface area contributed by atoms with E-state index in [-0.39, 0.29) is 6.61 Å². The van der Waals surface area contributed by atoms with Crippen LogP contribution in [-0.4, -0.2) is 16.8 Å². The molecule has 0 unspecified atom stereocenters. The smallest absolute Gasteiger partial charge is 0.299 e. The van der Waals surface area contributed by atoms with Gasteiger partial charge < -0.3 is 10.0 Å². The number of Topliss-reactive ketones (excluding diaryl/α,β-unsaturated/α-hetero) is 1. The zero-order chi connectivity index (χ0) is 15.0. The molecule has 3 rings (SSSR count). The van der Waals surface area contributed by atoms with Crippen molar-refractivity contribution in [2.75, 3.05) is 4.90 Å². The third-order valence-corrected chi connectivity index (χ3v) is 3.97. The Balaban J connectivity index is 1.92. The van der Waals surface area contributed by atoms with Crippen LogP contribution in [0.5, 0.6) is 0 Å². The Hall–Kier alpha value is -1.98. The van der Waals surface area contributed by atoms with E-state index in [4.69, 9.17) is 5.11 Å². The molecule has 1 aliphatic rings. The number of fused-ring (bicyclic) bond motifs is 1. The molecule has 0 bridgehead atoms. The molecule has 1 aliphatic heterocycles. The van der Waals surface area contributed by atoms with Gasteiger partial charge in [-0.2, -0.15) is 0 Å². The van der Waals surface area contributed by atoms with E-state index in [1.807, 2.05) is 18.2 Å². The molecule has 2 aromatic carbocycles. The van der Waals surface area contributed by atoms with E-state index in [1.54, 1.807) is 24.3 Å². The largest absolute Gasteiger partial charge is 0.392 e. The average molecular weight is 346 g/mol. The summed E-state index contributed by atoms with van der Waals surface area (Å²) in [5, 5.41) is 9.03. The lowest BCUT2D eigenvalue weighted by molar-refractivity contribution is -0.114. The second kappa shape index (κ2) is 5.42. The molecule has 0 spiro atoms. The molecule has 1 amide bonds. The van der Waals surface area contributed by atoms with Crippen molar-refractivity contribution >= 4 is 33.3 Å². The summed E-state index contributed by atoms with van der Waals surface area (Å²) in [6.45, 7) is 0.323. The number of carbonyl (C=O) groups excluding carboxylic acids is 2. The van der Waals surface area contributed by atoms with E-state index in [2.05, 4.69) is 15.9 Å². The second-order valence-corrected chi connectivity index (χ2v) is 5.77. The lowest BCUT2D eigenvalue weighted by atomic mass is 10.1. The molecule has 0 atom stereocenters. The maximum Gasteiger partial charge on any atom is 0.299 e. The van der Waals surface area contributed by atoms with Gasteiger partial charge in [0.1, 0.15) is 0 Å². The highest BCUT2D eigenvalue weighted by Crippen LogP contribution is 2.32. The van der Waals surface area contributed by atoms with Crippen LogP contribution in [-0.2, 0) is 17.9 Å². The van der Waals surface area contributed by atoms with Crippen molar-refractivity contribution in [1.29, 1.82) is 0 Å². The molecule has 21 heavy (non-hydrogen) atoms. The number of amides is 1. The summed E-state index contributed by atoms with van der Waals surface area (Å²) in [6.07, 6.45) is 0. The summed E-state index contributed by atoms with van der Waals surface area (Å²) in [4.78, 5) is 25.6. The number of carbonyl (C=O) groups is 2. The molecule has 0 radical (unpaired) electrons. The fourth-order valence-electron chi connectivity index (χ4n) is 2.36. The first-order chi connectivity index (χ1) is 10.1. The summed E-state index contributed by atoms with van der Waals surface area (Å²) in [5.74, 6) is -0.979. The van der Waals surface area contributed by atoms with Crippen LogP contribution < -0.4 is 4.90 Å². The van der Waals surface area contributed by atoms with Crippen LogP contribution in [0.25, 0.3) is 0 Å². The maximum atomic E-state index is 12.1. The number of rotatable bonds is 3. The van der Waals surface area contributed by atoms with E-state index in [9.17, 15) is 9.59 Å². The highest BCUT2D eigenvalue weighted by Gasteiger charge is 2.35. The summed E-state index contributed by atoms with van der Waals surface area (Å²) in [7, 11) is 0. The van der Waals surface area contributed by atoms with Crippen LogP contribution in [0.3, 0.4) is 0 Å². The molecule has 0 aromatic heterocycles. The molecule has 106 valence electrons. The molecule has 4 nitrogen and oxygen atoms in total. The summed E-state index contributed by atoms with van der Waals surface area (Å²) in [5.41, 5.74) is 2.79. The molecule has 0 saturated heterocycles. The molecule has 1 N–H and O–H groups in total. The SMILES string of the molecule is O=C1C(=O)N(Cc2ccc(CO)cc2)c2ccc(Br)cc21. The quantitative estimate of drug-likeness (QED) is 0.870. The third-order valence-electron chi connectivity index (χ3n) is 3.48. The molecular formula is C16H12BrNO3. The first kappa shape index (κ1) is 14.0. The van der Waals surface area contributed by atoms with Crippen molar-refractivity contribution in [3.8, 4) is 0 Å². The summed E-state index contributed by atoms with van der Waals surface area (Å²) in [6, 6.07) is 12.6. The van der Waals surface area contributed by atoms with Crippen molar-refractivity contribution in [3.63, 3.8) is 0 Å². The van der Waals surface area contributed by atoms with Gasteiger partial charge in [-0.25, -0.2) is 0 Å². The second-order valence-electron chi connectivity index (χ2n) is 4.86. The van der Waals surface area contributed by atoms with Gasteiger partial charge >= 0.3 is 0 Å². The Labute approximate surface area is 130 Å². The van der Waals surface area contributed by atoms with Crippen LogP contribution in [0.4, 0.5) is 5.69 Å². The number of hydrogen-bond donors (Lipinski definition) is 1. The van der Waals surface area contributed by atoms with Crippen LogP contribution in [0.1, 0.15) is 21.5 Å². The lowest BCUT2D eigenvalue weighted by Gasteiger charge is -2.16. The molecule has 0 aliphatic carbocycles. The highest BCUT2D eigenvalue weighted by molar-refractivity contribution is 9.10. The minimum Gasteiger partial charge on any atom is -0.392 e. The van der Waals surface area contributed by atoms with Crippen molar-refractivity contribution in [3.05, 3.63) is 63.6 Å². The number of benzene rings is 2. The predicted octanol–water partition coefficient (Wildman–Crippen LogP) is 2.67. The number of anilines is 1. The van der Waals surface area contributed by atoms with Gasteiger partial charge in [0.05, 0.1) is 24.4 Å².